The molecule has 1 N–H and O–H groups in total. The Morgan fingerprint density at radius 2 is 2.07 bits per heavy atom. The second-order valence-corrected chi connectivity index (χ2v) is 5.83. The topological polar surface area (TPSA) is 82.1 Å². The second kappa shape index (κ2) is 7.90. The molecule has 0 aliphatic carbocycles. The molecule has 0 aromatic heterocycles. The number of hydrogen-bond donors (Lipinski definition) is 1. The second-order valence-electron chi connectivity index (χ2n) is 5.83. The lowest BCUT2D eigenvalue weighted by molar-refractivity contribution is -0.139. The fourth-order valence-corrected chi connectivity index (χ4v) is 2.73. The molecule has 0 saturated heterocycles. The third-order valence-corrected chi connectivity index (χ3v) is 3.99. The Morgan fingerprint density at radius 1 is 1.26 bits per heavy atom. The maximum atomic E-state index is 13.5. The molecule has 0 radical (unpaired) electrons. The predicted octanol–water partition coefficient (Wildman–Crippen LogP) is 3.35. The first-order valence-corrected chi connectivity index (χ1v) is 8.18. The molecule has 2 aromatic rings. The van der Waals surface area contributed by atoms with Gasteiger partial charge in [-0.15, -0.1) is 0 Å². The van der Waals surface area contributed by atoms with Gasteiger partial charge < -0.3 is 19.3 Å². The molecule has 1 heterocycles. The van der Waals surface area contributed by atoms with Crippen LogP contribution in [0.15, 0.2) is 42.0 Å². The molecular formula is C20H17FO6. The summed E-state index contributed by atoms with van der Waals surface area (Å²) in [5.41, 5.74) is 1.32. The molecule has 3 rings (SSSR count). The molecule has 0 atom stereocenters. The summed E-state index contributed by atoms with van der Waals surface area (Å²) < 4.78 is 29.4. The van der Waals surface area contributed by atoms with E-state index in [0.717, 1.165) is 0 Å². The van der Waals surface area contributed by atoms with Crippen molar-refractivity contribution in [3.8, 4) is 17.2 Å². The summed E-state index contributed by atoms with van der Waals surface area (Å²) in [5.74, 6) is -0.918. The van der Waals surface area contributed by atoms with Crippen LogP contribution in [0.25, 0.3) is 6.08 Å². The van der Waals surface area contributed by atoms with E-state index in [4.69, 9.17) is 19.3 Å². The first-order valence-electron chi connectivity index (χ1n) is 8.18. The van der Waals surface area contributed by atoms with E-state index < -0.39 is 18.4 Å². The molecule has 1 aliphatic heterocycles. The standard InChI is InChI=1S/C20H17FO6/c1-25-18-9-12(2-4-17(18)27-11-19(22)23)8-13-6-7-26-16-5-3-14(21)10-15(16)20(13)24/h2-5,8-10H,6-7,11H2,1H3,(H,22,23)/b13-8-. The lowest BCUT2D eigenvalue weighted by Crippen LogP contribution is -2.10. The number of rotatable bonds is 5. The van der Waals surface area contributed by atoms with Crippen LogP contribution in [-0.2, 0) is 4.79 Å². The van der Waals surface area contributed by atoms with E-state index in [1.54, 1.807) is 24.3 Å². The maximum absolute atomic E-state index is 13.5. The average Bonchev–Trinajstić information content (AvgIpc) is 2.80. The Morgan fingerprint density at radius 3 is 2.81 bits per heavy atom. The number of Topliss-reactive ketones (excluding diaryl/α,β-unsaturated/α-hetero) is 1. The van der Waals surface area contributed by atoms with Crippen molar-refractivity contribution >= 4 is 17.8 Å². The summed E-state index contributed by atoms with van der Waals surface area (Å²) in [4.78, 5) is 23.4. The summed E-state index contributed by atoms with van der Waals surface area (Å²) in [6.45, 7) is -0.192. The van der Waals surface area contributed by atoms with Gasteiger partial charge in [0.1, 0.15) is 11.6 Å². The largest absolute Gasteiger partial charge is 0.493 e. The molecular weight excluding hydrogens is 355 g/mol. The highest BCUT2D eigenvalue weighted by molar-refractivity contribution is 6.13. The number of fused-ring (bicyclic) bond motifs is 1. The van der Waals surface area contributed by atoms with Crippen LogP contribution in [0.3, 0.4) is 0 Å². The van der Waals surface area contributed by atoms with Gasteiger partial charge in [0.2, 0.25) is 0 Å². The minimum Gasteiger partial charge on any atom is -0.493 e. The highest BCUT2D eigenvalue weighted by Crippen LogP contribution is 2.31. The van der Waals surface area contributed by atoms with Crippen molar-refractivity contribution in [2.75, 3.05) is 20.3 Å². The number of carbonyl (C=O) groups is 2. The monoisotopic (exact) mass is 372 g/mol. The number of methoxy groups -OCH3 is 1. The van der Waals surface area contributed by atoms with Crippen LogP contribution in [0.4, 0.5) is 4.39 Å². The van der Waals surface area contributed by atoms with Crippen LogP contribution in [-0.4, -0.2) is 37.2 Å². The van der Waals surface area contributed by atoms with Crippen LogP contribution in [0.5, 0.6) is 17.2 Å². The highest BCUT2D eigenvalue weighted by atomic mass is 19.1. The molecule has 0 spiro atoms. The number of benzene rings is 2. The number of aliphatic carboxylic acids is 1. The summed E-state index contributed by atoms with van der Waals surface area (Å²) in [5, 5.41) is 8.71. The minimum atomic E-state index is -1.10. The molecule has 140 valence electrons. The zero-order valence-electron chi connectivity index (χ0n) is 14.5. The summed E-state index contributed by atoms with van der Waals surface area (Å²) in [7, 11) is 1.43. The van der Waals surface area contributed by atoms with Crippen molar-refractivity contribution in [1.29, 1.82) is 0 Å². The molecule has 0 saturated carbocycles. The van der Waals surface area contributed by atoms with E-state index in [-0.39, 0.29) is 17.1 Å². The van der Waals surface area contributed by atoms with Gasteiger partial charge in [0, 0.05) is 12.0 Å². The lowest BCUT2D eigenvalue weighted by atomic mass is 9.99. The Kier molecular flexibility index (Phi) is 5.40. The number of ketones is 1. The molecule has 7 heteroatoms. The SMILES string of the molecule is COc1cc(/C=C2/CCOc3ccc(F)cc3C2=O)ccc1OCC(=O)O. The van der Waals surface area contributed by atoms with Gasteiger partial charge in [0.05, 0.1) is 19.3 Å². The molecule has 2 aromatic carbocycles. The number of hydrogen-bond acceptors (Lipinski definition) is 5. The van der Waals surface area contributed by atoms with Gasteiger partial charge in [-0.1, -0.05) is 6.07 Å². The number of carbonyl (C=O) groups excluding carboxylic acids is 1. The van der Waals surface area contributed by atoms with Gasteiger partial charge in [-0.25, -0.2) is 9.18 Å². The van der Waals surface area contributed by atoms with Gasteiger partial charge >= 0.3 is 5.97 Å². The Hall–Kier alpha value is -3.35. The van der Waals surface area contributed by atoms with Crippen LogP contribution in [0.1, 0.15) is 22.3 Å². The summed E-state index contributed by atoms with van der Waals surface area (Å²) >= 11 is 0. The Balaban J connectivity index is 1.91. The molecule has 1 aliphatic rings. The van der Waals surface area contributed by atoms with E-state index in [2.05, 4.69) is 0 Å². The van der Waals surface area contributed by atoms with Gasteiger partial charge in [-0.3, -0.25) is 4.79 Å². The van der Waals surface area contributed by atoms with E-state index in [1.165, 1.54) is 25.3 Å². The molecule has 6 nitrogen and oxygen atoms in total. The van der Waals surface area contributed by atoms with Crippen molar-refractivity contribution in [3.05, 3.63) is 58.9 Å². The van der Waals surface area contributed by atoms with E-state index in [9.17, 15) is 14.0 Å². The van der Waals surface area contributed by atoms with Crippen LogP contribution >= 0.6 is 0 Å². The van der Waals surface area contributed by atoms with Crippen LogP contribution < -0.4 is 14.2 Å². The smallest absolute Gasteiger partial charge is 0.341 e. The van der Waals surface area contributed by atoms with E-state index >= 15 is 0 Å². The first-order chi connectivity index (χ1) is 13.0. The Labute approximate surface area is 154 Å². The molecule has 27 heavy (non-hydrogen) atoms. The zero-order valence-corrected chi connectivity index (χ0v) is 14.5. The summed E-state index contributed by atoms with van der Waals surface area (Å²) in [6.07, 6.45) is 2.05. The maximum Gasteiger partial charge on any atom is 0.341 e. The number of halogens is 1. The summed E-state index contributed by atoms with van der Waals surface area (Å²) in [6, 6.07) is 8.75. The third-order valence-electron chi connectivity index (χ3n) is 3.99. The third kappa shape index (κ3) is 4.25. The van der Waals surface area contributed by atoms with E-state index in [0.29, 0.717) is 35.7 Å². The molecule has 0 amide bonds. The minimum absolute atomic E-state index is 0.187. The number of ether oxygens (including phenoxy) is 3. The number of carboxylic acid groups (broad SMARTS) is 1. The fraction of sp³-hybridized carbons (Fsp3) is 0.200. The molecule has 0 unspecified atom stereocenters. The van der Waals surface area contributed by atoms with E-state index in [1.807, 2.05) is 0 Å². The molecule has 0 bridgehead atoms. The van der Waals surface area contributed by atoms with Crippen LogP contribution in [0.2, 0.25) is 0 Å². The molecule has 0 fully saturated rings. The van der Waals surface area contributed by atoms with Crippen molar-refractivity contribution in [2.24, 2.45) is 0 Å². The first kappa shape index (κ1) is 18.4. The number of carboxylic acids is 1. The van der Waals surface area contributed by atoms with Gasteiger partial charge in [-0.2, -0.15) is 0 Å². The fourth-order valence-electron chi connectivity index (χ4n) is 2.73. The predicted molar refractivity (Wildman–Crippen MR) is 94.9 cm³/mol. The quantitative estimate of drug-likeness (QED) is 0.811. The zero-order chi connectivity index (χ0) is 19.4. The van der Waals surface area contributed by atoms with Crippen LogP contribution in [0, 0.1) is 5.82 Å². The van der Waals surface area contributed by atoms with Crippen molar-refractivity contribution in [2.45, 2.75) is 6.42 Å². The van der Waals surface area contributed by atoms with Gasteiger partial charge in [0.25, 0.3) is 0 Å². The highest BCUT2D eigenvalue weighted by Gasteiger charge is 2.22. The van der Waals surface area contributed by atoms with Gasteiger partial charge in [-0.05, 0) is 42.0 Å². The van der Waals surface area contributed by atoms with Crippen molar-refractivity contribution in [1.82, 2.24) is 0 Å². The lowest BCUT2D eigenvalue weighted by Gasteiger charge is -2.10. The van der Waals surface area contributed by atoms with Gasteiger partial charge in [0.15, 0.2) is 23.9 Å². The Bertz CT molecular complexity index is 919. The van der Waals surface area contributed by atoms with Crippen molar-refractivity contribution in [3.63, 3.8) is 0 Å². The average molecular weight is 372 g/mol. The van der Waals surface area contributed by atoms with Crippen molar-refractivity contribution < 1.29 is 33.3 Å². The normalized spacial score (nSPS) is 14.9.